The second-order valence-electron chi connectivity index (χ2n) is 5.76. The normalized spacial score (nSPS) is 14.2. The Hall–Kier alpha value is -1.07. The van der Waals surface area contributed by atoms with Crippen LogP contribution in [0.3, 0.4) is 0 Å². The fourth-order valence-electron chi connectivity index (χ4n) is 2.52. The Morgan fingerprint density at radius 1 is 1.00 bits per heavy atom. The molecule has 0 bridgehead atoms. The lowest BCUT2D eigenvalue weighted by Gasteiger charge is -2.31. The third kappa shape index (κ3) is 5.67. The number of halogens is 3. The van der Waals surface area contributed by atoms with Gasteiger partial charge in [0.15, 0.2) is 0 Å². The maximum atomic E-state index is 13.2. The largest absolute Gasteiger partial charge is 0.407 e. The van der Waals surface area contributed by atoms with Crippen LogP contribution in [-0.2, 0) is 0 Å². The van der Waals surface area contributed by atoms with E-state index in [4.69, 9.17) is 0 Å². The van der Waals surface area contributed by atoms with Gasteiger partial charge in [0.25, 0.3) is 0 Å². The molecule has 1 rings (SSSR count). The predicted octanol–water partition coefficient (Wildman–Crippen LogP) is 4.00. The Morgan fingerprint density at radius 2 is 1.52 bits per heavy atom. The zero-order chi connectivity index (χ0) is 16.0. The molecule has 0 spiro atoms. The summed E-state index contributed by atoms with van der Waals surface area (Å²) in [7, 11) is 0. The monoisotopic (exact) mass is 302 g/mol. The summed E-state index contributed by atoms with van der Waals surface area (Å²) in [5, 5.41) is 2.65. The zero-order valence-electron chi connectivity index (χ0n) is 13.1. The second-order valence-corrected chi connectivity index (χ2v) is 5.76. The van der Waals surface area contributed by atoms with Gasteiger partial charge in [-0.2, -0.15) is 13.2 Å². The van der Waals surface area contributed by atoms with E-state index in [9.17, 15) is 13.2 Å². The third-order valence-electron chi connectivity index (χ3n) is 3.51. The van der Waals surface area contributed by atoms with E-state index in [1.165, 1.54) is 12.1 Å². The van der Waals surface area contributed by atoms with E-state index in [-0.39, 0.29) is 5.56 Å². The lowest BCUT2D eigenvalue weighted by atomic mass is 10.1. The highest BCUT2D eigenvalue weighted by Crippen LogP contribution is 2.32. The Morgan fingerprint density at radius 3 is 1.95 bits per heavy atom. The van der Waals surface area contributed by atoms with E-state index in [0.29, 0.717) is 25.2 Å². The van der Waals surface area contributed by atoms with E-state index in [1.54, 1.807) is 18.2 Å². The average molecular weight is 302 g/mol. The van der Waals surface area contributed by atoms with Gasteiger partial charge in [-0.05, 0) is 33.3 Å². The summed E-state index contributed by atoms with van der Waals surface area (Å²) in [6.45, 7) is 9.11. The topological polar surface area (TPSA) is 15.3 Å². The van der Waals surface area contributed by atoms with Gasteiger partial charge in [-0.3, -0.25) is 4.90 Å². The van der Waals surface area contributed by atoms with Crippen LogP contribution >= 0.6 is 0 Å². The third-order valence-corrected chi connectivity index (χ3v) is 3.51. The van der Waals surface area contributed by atoms with Crippen LogP contribution in [-0.4, -0.2) is 36.2 Å². The summed E-state index contributed by atoms with van der Waals surface area (Å²) < 4.78 is 39.5. The van der Waals surface area contributed by atoms with Crippen molar-refractivity contribution in [2.75, 3.05) is 13.1 Å². The van der Waals surface area contributed by atoms with Crippen LogP contribution < -0.4 is 5.32 Å². The number of hydrogen-bond donors (Lipinski definition) is 1. The quantitative estimate of drug-likeness (QED) is 0.819. The van der Waals surface area contributed by atoms with Gasteiger partial charge in [0.2, 0.25) is 0 Å². The van der Waals surface area contributed by atoms with Crippen molar-refractivity contribution in [2.24, 2.45) is 0 Å². The molecule has 0 radical (unpaired) electrons. The lowest BCUT2D eigenvalue weighted by Crippen LogP contribution is -2.44. The molecule has 5 heteroatoms. The molecule has 1 aromatic carbocycles. The van der Waals surface area contributed by atoms with Gasteiger partial charge in [-0.1, -0.05) is 30.3 Å². The molecule has 0 saturated heterocycles. The summed E-state index contributed by atoms with van der Waals surface area (Å²) in [6, 6.07) is 7.01. The number of rotatable bonds is 7. The first-order valence-corrected chi connectivity index (χ1v) is 7.34. The molecular weight excluding hydrogens is 277 g/mol. The maximum absolute atomic E-state index is 13.2. The Balaban J connectivity index is 2.68. The van der Waals surface area contributed by atoms with Crippen LogP contribution in [0.25, 0.3) is 0 Å². The molecule has 0 aliphatic heterocycles. The van der Waals surface area contributed by atoms with Crippen LogP contribution in [0.2, 0.25) is 0 Å². The van der Waals surface area contributed by atoms with E-state index in [2.05, 4.69) is 37.9 Å². The fourth-order valence-corrected chi connectivity index (χ4v) is 2.52. The van der Waals surface area contributed by atoms with E-state index in [1.807, 2.05) is 0 Å². The first-order chi connectivity index (χ1) is 9.73. The van der Waals surface area contributed by atoms with Crippen molar-refractivity contribution in [1.29, 1.82) is 0 Å². The average Bonchev–Trinajstić information content (AvgIpc) is 2.37. The van der Waals surface area contributed by atoms with Gasteiger partial charge in [-0.15, -0.1) is 0 Å². The van der Waals surface area contributed by atoms with Crippen LogP contribution in [0.15, 0.2) is 30.3 Å². The van der Waals surface area contributed by atoms with Crippen molar-refractivity contribution in [2.45, 2.75) is 52.0 Å². The second kappa shape index (κ2) is 7.80. The highest BCUT2D eigenvalue weighted by molar-refractivity contribution is 5.20. The van der Waals surface area contributed by atoms with Crippen LogP contribution in [0.1, 0.15) is 39.3 Å². The number of alkyl halides is 3. The maximum Gasteiger partial charge on any atom is 0.407 e. The smallest absolute Gasteiger partial charge is 0.301 e. The first-order valence-electron chi connectivity index (χ1n) is 7.34. The zero-order valence-corrected chi connectivity index (χ0v) is 13.1. The highest BCUT2D eigenvalue weighted by atomic mass is 19.4. The van der Waals surface area contributed by atoms with Gasteiger partial charge in [0, 0.05) is 25.2 Å². The van der Waals surface area contributed by atoms with Gasteiger partial charge < -0.3 is 5.32 Å². The van der Waals surface area contributed by atoms with Crippen molar-refractivity contribution < 1.29 is 13.2 Å². The first kappa shape index (κ1) is 18.0. The molecule has 0 heterocycles. The molecule has 1 N–H and O–H groups in total. The molecule has 1 aromatic rings. The summed E-state index contributed by atoms with van der Waals surface area (Å²) in [5.74, 6) is 0. The number of nitrogens with one attached hydrogen (secondary N) is 1. The summed E-state index contributed by atoms with van der Waals surface area (Å²) >= 11 is 0. The van der Waals surface area contributed by atoms with Crippen LogP contribution in [0.5, 0.6) is 0 Å². The number of benzene rings is 1. The highest BCUT2D eigenvalue weighted by Gasteiger charge is 2.40. The molecule has 0 saturated carbocycles. The van der Waals surface area contributed by atoms with Crippen molar-refractivity contribution in [3.8, 4) is 0 Å². The predicted molar refractivity (Wildman–Crippen MR) is 80.2 cm³/mol. The Labute approximate surface area is 125 Å². The summed E-state index contributed by atoms with van der Waals surface area (Å²) in [5.41, 5.74) is 0.255. The molecule has 0 aliphatic carbocycles. The molecule has 0 amide bonds. The SMILES string of the molecule is CC(C)N(CCNC(c1ccccc1)C(F)(F)F)C(C)C. The van der Waals surface area contributed by atoms with Crippen LogP contribution in [0.4, 0.5) is 13.2 Å². The lowest BCUT2D eigenvalue weighted by molar-refractivity contribution is -0.157. The van der Waals surface area contributed by atoms with Crippen LogP contribution in [0, 0.1) is 0 Å². The fraction of sp³-hybridized carbons (Fsp3) is 0.625. The van der Waals surface area contributed by atoms with Gasteiger partial charge >= 0.3 is 6.18 Å². The Bertz CT molecular complexity index is 394. The molecule has 0 aliphatic rings. The van der Waals surface area contributed by atoms with Crippen molar-refractivity contribution in [3.63, 3.8) is 0 Å². The van der Waals surface area contributed by atoms with Crippen molar-refractivity contribution in [1.82, 2.24) is 10.2 Å². The molecule has 21 heavy (non-hydrogen) atoms. The molecule has 0 fully saturated rings. The van der Waals surface area contributed by atoms with Gasteiger partial charge in [0.1, 0.15) is 6.04 Å². The van der Waals surface area contributed by atoms with Crippen molar-refractivity contribution in [3.05, 3.63) is 35.9 Å². The number of nitrogens with zero attached hydrogens (tertiary/aromatic N) is 1. The van der Waals surface area contributed by atoms with Gasteiger partial charge in [-0.25, -0.2) is 0 Å². The van der Waals surface area contributed by atoms with Crippen molar-refractivity contribution >= 4 is 0 Å². The summed E-state index contributed by atoms with van der Waals surface area (Å²) in [6.07, 6.45) is -4.29. The van der Waals surface area contributed by atoms with E-state index >= 15 is 0 Å². The molecule has 1 unspecified atom stereocenters. The Kier molecular flexibility index (Phi) is 6.68. The minimum Gasteiger partial charge on any atom is -0.301 e. The van der Waals surface area contributed by atoms with Gasteiger partial charge in [0.05, 0.1) is 0 Å². The minimum absolute atomic E-state index is 0.255. The molecule has 0 aromatic heterocycles. The van der Waals surface area contributed by atoms with E-state index < -0.39 is 12.2 Å². The molecule has 1 atom stereocenters. The molecular formula is C16H25F3N2. The molecule has 120 valence electrons. The minimum atomic E-state index is -4.29. The summed E-state index contributed by atoms with van der Waals surface area (Å²) in [4.78, 5) is 2.17. The molecule has 2 nitrogen and oxygen atoms in total. The standard InChI is InChI=1S/C16H25F3N2/c1-12(2)21(13(3)4)11-10-20-15(16(17,18)19)14-8-6-5-7-9-14/h5-9,12-13,15,20H,10-11H2,1-4H3. The van der Waals surface area contributed by atoms with E-state index in [0.717, 1.165) is 0 Å². The number of hydrogen-bond acceptors (Lipinski definition) is 2.